The summed E-state index contributed by atoms with van der Waals surface area (Å²) in [6.45, 7) is 4.03. The van der Waals surface area contributed by atoms with Gasteiger partial charge in [0.05, 0.1) is 6.61 Å². The molecular formula is C13H21NO. The van der Waals surface area contributed by atoms with Crippen LogP contribution >= 0.6 is 0 Å². The highest BCUT2D eigenvalue weighted by molar-refractivity contribution is 5.28. The maximum atomic E-state index is 5.67. The van der Waals surface area contributed by atoms with Gasteiger partial charge < -0.3 is 9.64 Å². The average Bonchev–Trinajstić information content (AvgIpc) is 2.24. The van der Waals surface area contributed by atoms with Crippen LogP contribution in [0.4, 0.5) is 0 Å². The van der Waals surface area contributed by atoms with E-state index >= 15 is 0 Å². The fourth-order valence-electron chi connectivity index (χ4n) is 1.43. The van der Waals surface area contributed by atoms with Crippen LogP contribution in [0.3, 0.4) is 0 Å². The molecule has 0 radical (unpaired) electrons. The van der Waals surface area contributed by atoms with Crippen LogP contribution in [0.25, 0.3) is 0 Å². The molecule has 0 aliphatic carbocycles. The molecule has 1 rings (SSSR count). The van der Waals surface area contributed by atoms with E-state index in [0.29, 0.717) is 0 Å². The molecule has 84 valence electrons. The fraction of sp³-hybridized carbons (Fsp3) is 0.538. The van der Waals surface area contributed by atoms with Crippen LogP contribution in [-0.2, 0) is 6.42 Å². The summed E-state index contributed by atoms with van der Waals surface area (Å²) in [5, 5.41) is 0. The lowest BCUT2D eigenvalue weighted by molar-refractivity contribution is 0.281. The normalized spacial score (nSPS) is 10.7. The molecule has 0 amide bonds. The standard InChI is InChI=1S/C13H21NO/c1-4-12-7-5-8-13(11-12)15-10-6-9-14(2)3/h5,7-8,11H,4,6,9-10H2,1-3H3. The lowest BCUT2D eigenvalue weighted by atomic mass is 10.2. The summed E-state index contributed by atoms with van der Waals surface area (Å²) in [7, 11) is 4.16. The summed E-state index contributed by atoms with van der Waals surface area (Å²) in [5.41, 5.74) is 1.33. The van der Waals surface area contributed by atoms with Crippen molar-refractivity contribution < 1.29 is 4.74 Å². The Labute approximate surface area is 92.9 Å². The highest BCUT2D eigenvalue weighted by Gasteiger charge is 1.96. The molecule has 1 aromatic rings. The Kier molecular flexibility index (Phi) is 5.19. The van der Waals surface area contributed by atoms with E-state index < -0.39 is 0 Å². The molecule has 0 bridgehead atoms. The number of nitrogens with zero attached hydrogens (tertiary/aromatic N) is 1. The summed E-state index contributed by atoms with van der Waals surface area (Å²) >= 11 is 0. The largest absolute Gasteiger partial charge is 0.494 e. The van der Waals surface area contributed by atoms with Gasteiger partial charge >= 0.3 is 0 Å². The van der Waals surface area contributed by atoms with E-state index in [0.717, 1.165) is 31.7 Å². The van der Waals surface area contributed by atoms with Crippen LogP contribution in [0.5, 0.6) is 5.75 Å². The van der Waals surface area contributed by atoms with E-state index in [1.54, 1.807) is 0 Å². The maximum Gasteiger partial charge on any atom is 0.119 e. The minimum absolute atomic E-state index is 0.797. The Hall–Kier alpha value is -1.02. The van der Waals surface area contributed by atoms with Crippen molar-refractivity contribution in [2.45, 2.75) is 19.8 Å². The average molecular weight is 207 g/mol. The van der Waals surface area contributed by atoms with Crippen LogP contribution in [0.15, 0.2) is 24.3 Å². The first-order valence-corrected chi connectivity index (χ1v) is 5.59. The Bertz CT molecular complexity index is 284. The minimum Gasteiger partial charge on any atom is -0.494 e. The summed E-state index contributed by atoms with van der Waals surface area (Å²) in [6, 6.07) is 8.33. The first-order chi connectivity index (χ1) is 7.22. The van der Waals surface area contributed by atoms with Crippen molar-refractivity contribution in [2.24, 2.45) is 0 Å². The van der Waals surface area contributed by atoms with Crippen molar-refractivity contribution in [3.63, 3.8) is 0 Å². The topological polar surface area (TPSA) is 12.5 Å². The van der Waals surface area contributed by atoms with Crippen molar-refractivity contribution in [2.75, 3.05) is 27.2 Å². The van der Waals surface area contributed by atoms with Crippen LogP contribution < -0.4 is 4.74 Å². The number of hydrogen-bond donors (Lipinski definition) is 0. The molecule has 0 unspecified atom stereocenters. The Morgan fingerprint density at radius 1 is 1.27 bits per heavy atom. The van der Waals surface area contributed by atoms with Gasteiger partial charge in [-0.05, 0) is 44.6 Å². The number of aryl methyl sites for hydroxylation is 1. The molecule has 0 fully saturated rings. The molecule has 0 atom stereocenters. The van der Waals surface area contributed by atoms with Gasteiger partial charge in [0.2, 0.25) is 0 Å². The molecule has 2 heteroatoms. The zero-order valence-corrected chi connectivity index (χ0v) is 9.99. The molecule has 2 nitrogen and oxygen atoms in total. The quantitative estimate of drug-likeness (QED) is 0.665. The molecule has 0 spiro atoms. The van der Waals surface area contributed by atoms with E-state index in [4.69, 9.17) is 4.74 Å². The van der Waals surface area contributed by atoms with Gasteiger partial charge in [0.25, 0.3) is 0 Å². The van der Waals surface area contributed by atoms with Gasteiger partial charge in [-0.2, -0.15) is 0 Å². The van der Waals surface area contributed by atoms with E-state index in [1.165, 1.54) is 5.56 Å². The maximum absolute atomic E-state index is 5.67. The number of hydrogen-bond acceptors (Lipinski definition) is 2. The highest BCUT2D eigenvalue weighted by atomic mass is 16.5. The fourth-order valence-corrected chi connectivity index (χ4v) is 1.43. The third-order valence-corrected chi connectivity index (χ3v) is 2.33. The zero-order valence-electron chi connectivity index (χ0n) is 9.99. The summed E-state index contributed by atoms with van der Waals surface area (Å²) in [6.07, 6.45) is 2.14. The number of ether oxygens (including phenoxy) is 1. The summed E-state index contributed by atoms with van der Waals surface area (Å²) in [5.74, 6) is 0.994. The molecule has 0 saturated carbocycles. The predicted molar refractivity (Wildman–Crippen MR) is 64.5 cm³/mol. The highest BCUT2D eigenvalue weighted by Crippen LogP contribution is 2.13. The summed E-state index contributed by atoms with van der Waals surface area (Å²) in [4.78, 5) is 2.17. The number of benzene rings is 1. The van der Waals surface area contributed by atoms with Gasteiger partial charge in [0.1, 0.15) is 5.75 Å². The smallest absolute Gasteiger partial charge is 0.119 e. The van der Waals surface area contributed by atoms with Gasteiger partial charge in [-0.25, -0.2) is 0 Å². The van der Waals surface area contributed by atoms with Crippen LogP contribution in [0.2, 0.25) is 0 Å². The van der Waals surface area contributed by atoms with Crippen molar-refractivity contribution in [3.8, 4) is 5.75 Å². The summed E-state index contributed by atoms with van der Waals surface area (Å²) < 4.78 is 5.67. The molecule has 0 aromatic heterocycles. The van der Waals surface area contributed by atoms with Gasteiger partial charge in [-0.15, -0.1) is 0 Å². The molecule has 15 heavy (non-hydrogen) atoms. The minimum atomic E-state index is 0.797. The van der Waals surface area contributed by atoms with Gasteiger partial charge in [-0.1, -0.05) is 19.1 Å². The van der Waals surface area contributed by atoms with Crippen LogP contribution in [0, 0.1) is 0 Å². The number of rotatable bonds is 6. The van der Waals surface area contributed by atoms with Crippen molar-refractivity contribution >= 4 is 0 Å². The molecule has 0 heterocycles. The van der Waals surface area contributed by atoms with Gasteiger partial charge in [0.15, 0.2) is 0 Å². The first-order valence-electron chi connectivity index (χ1n) is 5.59. The Morgan fingerprint density at radius 3 is 2.73 bits per heavy atom. The van der Waals surface area contributed by atoms with E-state index in [-0.39, 0.29) is 0 Å². The third kappa shape index (κ3) is 4.84. The zero-order chi connectivity index (χ0) is 11.1. The second kappa shape index (κ2) is 6.46. The Balaban J connectivity index is 2.30. The molecule has 0 N–H and O–H groups in total. The van der Waals surface area contributed by atoms with Gasteiger partial charge in [0, 0.05) is 6.54 Å². The molecule has 1 aromatic carbocycles. The molecule has 0 aliphatic heterocycles. The van der Waals surface area contributed by atoms with Gasteiger partial charge in [-0.3, -0.25) is 0 Å². The monoisotopic (exact) mass is 207 g/mol. The third-order valence-electron chi connectivity index (χ3n) is 2.33. The van der Waals surface area contributed by atoms with Crippen LogP contribution in [0.1, 0.15) is 18.9 Å². The molecule has 0 aliphatic rings. The lowest BCUT2D eigenvalue weighted by Gasteiger charge is -2.10. The SMILES string of the molecule is CCc1cccc(OCCCN(C)C)c1. The molecular weight excluding hydrogens is 186 g/mol. The molecule has 0 saturated heterocycles. The van der Waals surface area contributed by atoms with Crippen molar-refractivity contribution in [1.82, 2.24) is 4.90 Å². The Morgan fingerprint density at radius 2 is 2.07 bits per heavy atom. The van der Waals surface area contributed by atoms with Crippen molar-refractivity contribution in [3.05, 3.63) is 29.8 Å². The second-order valence-electron chi connectivity index (χ2n) is 4.01. The van der Waals surface area contributed by atoms with E-state index in [2.05, 4.69) is 44.1 Å². The van der Waals surface area contributed by atoms with E-state index in [9.17, 15) is 0 Å². The van der Waals surface area contributed by atoms with E-state index in [1.807, 2.05) is 6.07 Å². The second-order valence-corrected chi connectivity index (χ2v) is 4.01. The first kappa shape index (κ1) is 12.1. The lowest BCUT2D eigenvalue weighted by Crippen LogP contribution is -2.15. The predicted octanol–water partition coefficient (Wildman–Crippen LogP) is 2.58. The van der Waals surface area contributed by atoms with Crippen molar-refractivity contribution in [1.29, 1.82) is 0 Å². The van der Waals surface area contributed by atoms with Crippen LogP contribution in [-0.4, -0.2) is 32.1 Å².